The molecule has 1 fully saturated rings. The third-order valence-electron chi connectivity index (χ3n) is 4.48. The first-order valence-corrected chi connectivity index (χ1v) is 9.28. The lowest BCUT2D eigenvalue weighted by Gasteiger charge is -2.32. The first kappa shape index (κ1) is 21.2. The zero-order valence-electron chi connectivity index (χ0n) is 16.3. The third-order valence-corrected chi connectivity index (χ3v) is 4.48. The van der Waals surface area contributed by atoms with Crippen LogP contribution in [0.1, 0.15) is 19.8 Å². The monoisotopic (exact) mass is 384 g/mol. The van der Waals surface area contributed by atoms with E-state index >= 15 is 0 Å². The van der Waals surface area contributed by atoms with Crippen molar-refractivity contribution in [3.63, 3.8) is 0 Å². The SMILES string of the molecule is CN=C(NCC(C)Oc1cccc(OC)c1)NC1CCN(CC(F)F)CC1. The fraction of sp³-hybridized carbons (Fsp3) is 0.632. The van der Waals surface area contributed by atoms with Crippen LogP contribution in [0.2, 0.25) is 0 Å². The lowest BCUT2D eigenvalue weighted by molar-refractivity contribution is 0.0744. The number of rotatable bonds is 8. The number of piperidine rings is 1. The van der Waals surface area contributed by atoms with Crippen LogP contribution in [0.15, 0.2) is 29.3 Å². The molecule has 152 valence electrons. The van der Waals surface area contributed by atoms with E-state index < -0.39 is 6.43 Å². The summed E-state index contributed by atoms with van der Waals surface area (Å²) in [5, 5.41) is 6.62. The van der Waals surface area contributed by atoms with Crippen LogP contribution in [0.5, 0.6) is 11.5 Å². The van der Waals surface area contributed by atoms with Crippen molar-refractivity contribution < 1.29 is 18.3 Å². The minimum atomic E-state index is -2.27. The summed E-state index contributed by atoms with van der Waals surface area (Å²) < 4.78 is 36.0. The summed E-state index contributed by atoms with van der Waals surface area (Å²) in [5.74, 6) is 2.20. The number of benzene rings is 1. The molecule has 0 radical (unpaired) electrons. The van der Waals surface area contributed by atoms with Crippen LogP contribution >= 0.6 is 0 Å². The summed E-state index contributed by atoms with van der Waals surface area (Å²) >= 11 is 0. The van der Waals surface area contributed by atoms with E-state index in [-0.39, 0.29) is 18.7 Å². The number of alkyl halides is 2. The Morgan fingerprint density at radius 2 is 2.00 bits per heavy atom. The lowest BCUT2D eigenvalue weighted by atomic mass is 10.1. The van der Waals surface area contributed by atoms with Gasteiger partial charge in [-0.15, -0.1) is 0 Å². The Kier molecular flexibility index (Phi) is 8.57. The van der Waals surface area contributed by atoms with E-state index in [1.807, 2.05) is 36.1 Å². The maximum atomic E-state index is 12.5. The molecule has 2 N–H and O–H groups in total. The second kappa shape index (κ2) is 10.9. The van der Waals surface area contributed by atoms with Gasteiger partial charge in [-0.3, -0.25) is 9.89 Å². The van der Waals surface area contributed by atoms with Crippen molar-refractivity contribution in [3.05, 3.63) is 24.3 Å². The van der Waals surface area contributed by atoms with Crippen LogP contribution in [0.25, 0.3) is 0 Å². The van der Waals surface area contributed by atoms with Crippen LogP contribution < -0.4 is 20.1 Å². The molecule has 0 spiro atoms. The van der Waals surface area contributed by atoms with Crippen LogP contribution in [-0.4, -0.2) is 69.8 Å². The molecule has 0 amide bonds. The molecule has 2 rings (SSSR count). The fourth-order valence-electron chi connectivity index (χ4n) is 3.03. The fourth-order valence-corrected chi connectivity index (χ4v) is 3.03. The average Bonchev–Trinajstić information content (AvgIpc) is 2.66. The molecule has 0 saturated carbocycles. The second-order valence-corrected chi connectivity index (χ2v) is 6.67. The molecule has 27 heavy (non-hydrogen) atoms. The number of ether oxygens (including phenoxy) is 2. The Labute approximate surface area is 159 Å². The number of hydrogen-bond donors (Lipinski definition) is 2. The minimum Gasteiger partial charge on any atom is -0.497 e. The van der Waals surface area contributed by atoms with Gasteiger partial charge in [0.05, 0.1) is 20.2 Å². The number of methoxy groups -OCH3 is 1. The van der Waals surface area contributed by atoms with Gasteiger partial charge in [-0.1, -0.05) is 6.07 Å². The van der Waals surface area contributed by atoms with Crippen molar-refractivity contribution >= 4 is 5.96 Å². The number of likely N-dealkylation sites (tertiary alicyclic amines) is 1. The van der Waals surface area contributed by atoms with Gasteiger partial charge in [0.2, 0.25) is 0 Å². The van der Waals surface area contributed by atoms with E-state index in [0.717, 1.165) is 24.3 Å². The maximum Gasteiger partial charge on any atom is 0.251 e. The Bertz CT molecular complexity index is 593. The highest BCUT2D eigenvalue weighted by molar-refractivity contribution is 5.80. The van der Waals surface area contributed by atoms with Gasteiger partial charge in [0, 0.05) is 32.2 Å². The molecule has 1 heterocycles. The number of halogens is 2. The summed E-state index contributed by atoms with van der Waals surface area (Å²) in [6.45, 7) is 3.77. The van der Waals surface area contributed by atoms with Crippen molar-refractivity contribution in [2.24, 2.45) is 4.99 Å². The van der Waals surface area contributed by atoms with Crippen LogP contribution in [0.3, 0.4) is 0 Å². The second-order valence-electron chi connectivity index (χ2n) is 6.67. The van der Waals surface area contributed by atoms with E-state index in [1.165, 1.54) is 0 Å². The molecule has 0 aromatic heterocycles. The molecule has 1 aromatic carbocycles. The highest BCUT2D eigenvalue weighted by Gasteiger charge is 2.22. The Morgan fingerprint density at radius 3 is 2.63 bits per heavy atom. The van der Waals surface area contributed by atoms with Gasteiger partial charge in [0.25, 0.3) is 6.43 Å². The van der Waals surface area contributed by atoms with Crippen LogP contribution in [-0.2, 0) is 0 Å². The van der Waals surface area contributed by atoms with Gasteiger partial charge in [0.15, 0.2) is 5.96 Å². The predicted molar refractivity (Wildman–Crippen MR) is 103 cm³/mol. The zero-order chi connectivity index (χ0) is 19.6. The molecule has 1 aliphatic heterocycles. The molecule has 0 aliphatic carbocycles. The van der Waals surface area contributed by atoms with Crippen molar-refractivity contribution in [1.82, 2.24) is 15.5 Å². The van der Waals surface area contributed by atoms with E-state index in [0.29, 0.717) is 25.6 Å². The molecule has 1 unspecified atom stereocenters. The van der Waals surface area contributed by atoms with Crippen molar-refractivity contribution in [3.8, 4) is 11.5 Å². The first-order valence-electron chi connectivity index (χ1n) is 9.28. The smallest absolute Gasteiger partial charge is 0.251 e. The minimum absolute atomic E-state index is 0.0662. The third kappa shape index (κ3) is 7.58. The van der Waals surface area contributed by atoms with Gasteiger partial charge >= 0.3 is 0 Å². The average molecular weight is 384 g/mol. The van der Waals surface area contributed by atoms with Gasteiger partial charge in [-0.25, -0.2) is 8.78 Å². The Balaban J connectivity index is 1.72. The predicted octanol–water partition coefficient (Wildman–Crippen LogP) is 2.36. The Morgan fingerprint density at radius 1 is 1.30 bits per heavy atom. The highest BCUT2D eigenvalue weighted by Crippen LogP contribution is 2.19. The van der Waals surface area contributed by atoms with Crippen molar-refractivity contribution in [2.45, 2.75) is 38.3 Å². The van der Waals surface area contributed by atoms with E-state index in [9.17, 15) is 8.78 Å². The number of nitrogens with zero attached hydrogens (tertiary/aromatic N) is 2. The highest BCUT2D eigenvalue weighted by atomic mass is 19.3. The van der Waals surface area contributed by atoms with Gasteiger partial charge in [-0.05, 0) is 31.9 Å². The summed E-state index contributed by atoms with van der Waals surface area (Å²) in [6, 6.07) is 7.72. The van der Waals surface area contributed by atoms with Crippen LogP contribution in [0, 0.1) is 0 Å². The van der Waals surface area contributed by atoms with E-state index in [4.69, 9.17) is 9.47 Å². The molecule has 6 nitrogen and oxygen atoms in total. The summed E-state index contributed by atoms with van der Waals surface area (Å²) in [4.78, 5) is 6.05. The van der Waals surface area contributed by atoms with Crippen molar-refractivity contribution in [2.75, 3.05) is 40.3 Å². The largest absolute Gasteiger partial charge is 0.497 e. The topological polar surface area (TPSA) is 58.1 Å². The maximum absolute atomic E-state index is 12.5. The summed E-state index contributed by atoms with van der Waals surface area (Å²) in [5.41, 5.74) is 0. The Hall–Kier alpha value is -2.09. The molecule has 0 bridgehead atoms. The van der Waals surface area contributed by atoms with Crippen molar-refractivity contribution in [1.29, 1.82) is 0 Å². The summed E-state index contributed by atoms with van der Waals surface area (Å²) in [7, 11) is 3.34. The quantitative estimate of drug-likeness (QED) is 0.532. The van der Waals surface area contributed by atoms with Gasteiger partial charge in [-0.2, -0.15) is 0 Å². The molecular weight excluding hydrogens is 354 g/mol. The molecule has 1 aliphatic rings. The summed E-state index contributed by atoms with van der Waals surface area (Å²) in [6.07, 6.45) is -0.689. The molecule has 1 atom stereocenters. The number of nitrogens with one attached hydrogen (secondary N) is 2. The normalized spacial score (nSPS) is 17.6. The number of aliphatic imine (C=N–C) groups is 1. The van der Waals surface area contributed by atoms with Gasteiger partial charge < -0.3 is 20.1 Å². The number of hydrogen-bond acceptors (Lipinski definition) is 4. The molecule has 1 saturated heterocycles. The molecule has 8 heteroatoms. The molecular formula is C19H30F2N4O2. The standard InChI is InChI=1S/C19H30F2N4O2/c1-14(27-17-6-4-5-16(11-17)26-3)12-23-19(22-2)24-15-7-9-25(10-8-15)13-18(20)21/h4-6,11,14-15,18H,7-10,12-13H2,1-3H3,(H2,22,23,24). The zero-order valence-corrected chi connectivity index (χ0v) is 16.3. The van der Waals surface area contributed by atoms with Gasteiger partial charge in [0.1, 0.15) is 17.6 Å². The first-order chi connectivity index (χ1) is 13.0. The van der Waals surface area contributed by atoms with E-state index in [1.54, 1.807) is 14.2 Å². The van der Waals surface area contributed by atoms with Crippen LogP contribution in [0.4, 0.5) is 8.78 Å². The van der Waals surface area contributed by atoms with E-state index in [2.05, 4.69) is 15.6 Å². The molecule has 1 aromatic rings. The lowest BCUT2D eigenvalue weighted by Crippen LogP contribution is -2.50. The number of guanidine groups is 1.